The molecule has 0 unspecified atom stereocenters. The van der Waals surface area contributed by atoms with Crippen LogP contribution in [0.5, 0.6) is 5.75 Å². The van der Waals surface area contributed by atoms with Crippen molar-refractivity contribution in [3.8, 4) is 5.75 Å². The summed E-state index contributed by atoms with van der Waals surface area (Å²) >= 11 is 0. The second kappa shape index (κ2) is 6.39. The largest absolute Gasteiger partial charge is 0.489 e. The van der Waals surface area contributed by atoms with Crippen LogP contribution in [0.2, 0.25) is 0 Å². The molecule has 0 spiro atoms. The fourth-order valence-corrected chi connectivity index (χ4v) is 2.02. The van der Waals surface area contributed by atoms with Crippen LogP contribution in [0.3, 0.4) is 0 Å². The molecule has 0 saturated heterocycles. The van der Waals surface area contributed by atoms with Gasteiger partial charge in [-0.1, -0.05) is 38.1 Å². The lowest BCUT2D eigenvalue weighted by molar-refractivity contribution is 0.299. The highest BCUT2D eigenvalue weighted by atomic mass is 19.1. The molecule has 0 fully saturated rings. The molecule has 0 saturated carbocycles. The fourth-order valence-electron chi connectivity index (χ4n) is 2.02. The summed E-state index contributed by atoms with van der Waals surface area (Å²) in [6.07, 6.45) is 0. The molecule has 0 amide bonds. The van der Waals surface area contributed by atoms with Crippen molar-refractivity contribution in [1.82, 2.24) is 0 Å². The third-order valence-corrected chi connectivity index (χ3v) is 3.29. The Balaban J connectivity index is 2.15. The summed E-state index contributed by atoms with van der Waals surface area (Å²) in [5, 5.41) is 7.34. The molecule has 21 heavy (non-hydrogen) atoms. The highest BCUT2D eigenvalue weighted by Gasteiger charge is 2.10. The van der Waals surface area contributed by atoms with Gasteiger partial charge in [-0.05, 0) is 29.7 Å². The van der Waals surface area contributed by atoms with Crippen molar-refractivity contribution in [1.29, 1.82) is 5.41 Å². The average molecular weight is 286 g/mol. The molecule has 2 aromatic carbocycles. The lowest BCUT2D eigenvalue weighted by atomic mass is 10.0. The van der Waals surface area contributed by atoms with Gasteiger partial charge < -0.3 is 10.5 Å². The first-order valence-electron chi connectivity index (χ1n) is 6.83. The minimum absolute atomic E-state index is 0.104. The second-order valence-corrected chi connectivity index (χ2v) is 5.21. The van der Waals surface area contributed by atoms with Crippen LogP contribution >= 0.6 is 0 Å². The molecule has 2 rings (SSSR count). The number of nitrogens with one attached hydrogen (secondary N) is 1. The van der Waals surface area contributed by atoms with E-state index in [4.69, 9.17) is 15.9 Å². The quantitative estimate of drug-likeness (QED) is 0.648. The number of nitrogen functional groups attached to an aromatic ring is 1. The van der Waals surface area contributed by atoms with Gasteiger partial charge in [0, 0.05) is 5.56 Å². The molecule has 0 aliphatic heterocycles. The van der Waals surface area contributed by atoms with E-state index >= 15 is 0 Å². The predicted octanol–water partition coefficient (Wildman–Crippen LogP) is 3.81. The lowest BCUT2D eigenvalue weighted by Gasteiger charge is -2.11. The smallest absolute Gasteiger partial charge is 0.140 e. The van der Waals surface area contributed by atoms with Crippen LogP contribution in [-0.2, 0) is 6.61 Å². The summed E-state index contributed by atoms with van der Waals surface area (Å²) in [6, 6.07) is 12.6. The van der Waals surface area contributed by atoms with Crippen LogP contribution in [0.1, 0.15) is 36.5 Å². The van der Waals surface area contributed by atoms with Crippen LogP contribution < -0.4 is 10.5 Å². The molecule has 0 aliphatic rings. The zero-order chi connectivity index (χ0) is 15.4. The normalized spacial score (nSPS) is 10.7. The van der Waals surface area contributed by atoms with Gasteiger partial charge in [-0.2, -0.15) is 0 Å². The minimum atomic E-state index is -0.495. The Morgan fingerprint density at radius 2 is 1.95 bits per heavy atom. The molecule has 0 aliphatic carbocycles. The predicted molar refractivity (Wildman–Crippen MR) is 82.3 cm³/mol. The molecule has 0 atom stereocenters. The van der Waals surface area contributed by atoms with Crippen molar-refractivity contribution in [2.75, 3.05) is 0 Å². The molecular formula is C17H19FN2O. The van der Waals surface area contributed by atoms with E-state index in [0.29, 0.717) is 17.2 Å². The van der Waals surface area contributed by atoms with Crippen LogP contribution in [0.4, 0.5) is 4.39 Å². The topological polar surface area (TPSA) is 59.1 Å². The number of hydrogen-bond acceptors (Lipinski definition) is 2. The molecule has 4 heteroatoms. The zero-order valence-corrected chi connectivity index (χ0v) is 12.2. The Kier molecular flexibility index (Phi) is 4.58. The summed E-state index contributed by atoms with van der Waals surface area (Å²) in [7, 11) is 0. The first-order chi connectivity index (χ1) is 9.99. The van der Waals surface area contributed by atoms with Crippen LogP contribution in [0.15, 0.2) is 42.5 Å². The van der Waals surface area contributed by atoms with Crippen LogP contribution in [-0.4, -0.2) is 5.84 Å². The van der Waals surface area contributed by atoms with Crippen LogP contribution in [0, 0.1) is 11.2 Å². The zero-order valence-electron chi connectivity index (χ0n) is 12.2. The van der Waals surface area contributed by atoms with Gasteiger partial charge in [0.1, 0.15) is 24.0 Å². The highest BCUT2D eigenvalue weighted by molar-refractivity contribution is 5.95. The van der Waals surface area contributed by atoms with E-state index in [2.05, 4.69) is 13.8 Å². The van der Waals surface area contributed by atoms with Gasteiger partial charge in [0.2, 0.25) is 0 Å². The maximum absolute atomic E-state index is 14.1. The van der Waals surface area contributed by atoms with Crippen molar-refractivity contribution >= 4 is 5.84 Å². The molecule has 0 bridgehead atoms. The maximum Gasteiger partial charge on any atom is 0.140 e. The molecule has 0 aromatic heterocycles. The second-order valence-electron chi connectivity index (χ2n) is 5.21. The van der Waals surface area contributed by atoms with E-state index in [-0.39, 0.29) is 18.0 Å². The van der Waals surface area contributed by atoms with Gasteiger partial charge in [-0.25, -0.2) is 4.39 Å². The molecular weight excluding hydrogens is 267 g/mol. The van der Waals surface area contributed by atoms with Gasteiger partial charge in [-0.3, -0.25) is 5.41 Å². The minimum Gasteiger partial charge on any atom is -0.489 e. The first kappa shape index (κ1) is 15.0. The van der Waals surface area contributed by atoms with Crippen molar-refractivity contribution in [3.05, 3.63) is 65.0 Å². The van der Waals surface area contributed by atoms with E-state index in [1.54, 1.807) is 12.1 Å². The summed E-state index contributed by atoms with van der Waals surface area (Å²) in [5.41, 5.74) is 7.01. The number of rotatable bonds is 5. The lowest BCUT2D eigenvalue weighted by Crippen LogP contribution is -2.14. The first-order valence-corrected chi connectivity index (χ1v) is 6.83. The van der Waals surface area contributed by atoms with E-state index in [1.165, 1.54) is 11.6 Å². The number of nitrogens with two attached hydrogens (primary N) is 1. The van der Waals surface area contributed by atoms with Crippen molar-refractivity contribution in [2.45, 2.75) is 26.4 Å². The monoisotopic (exact) mass is 286 g/mol. The van der Waals surface area contributed by atoms with Gasteiger partial charge in [0.25, 0.3) is 0 Å². The molecule has 2 aromatic rings. The standard InChI is InChI=1S/C17H19FN2O/c1-11(2)12-5-3-7-14(9-12)21-10-13-6-4-8-15(16(13)18)17(19)20/h3-9,11H,10H2,1-2H3,(H3,19,20). The van der Waals surface area contributed by atoms with E-state index in [0.717, 1.165) is 0 Å². The number of hydrogen-bond donors (Lipinski definition) is 2. The molecule has 3 N–H and O–H groups in total. The Hall–Kier alpha value is -2.36. The Labute approximate surface area is 124 Å². The fraction of sp³-hybridized carbons (Fsp3) is 0.235. The molecule has 110 valence electrons. The van der Waals surface area contributed by atoms with Crippen LogP contribution in [0.25, 0.3) is 0 Å². The SMILES string of the molecule is CC(C)c1cccc(OCc2cccc(C(=N)N)c2F)c1. The summed E-state index contributed by atoms with van der Waals surface area (Å²) < 4.78 is 19.8. The van der Waals surface area contributed by atoms with E-state index < -0.39 is 5.82 Å². The van der Waals surface area contributed by atoms with Gasteiger partial charge in [-0.15, -0.1) is 0 Å². The maximum atomic E-state index is 14.1. The Morgan fingerprint density at radius 3 is 2.62 bits per heavy atom. The van der Waals surface area contributed by atoms with Gasteiger partial charge >= 0.3 is 0 Å². The summed E-state index contributed by atoms with van der Waals surface area (Å²) in [5.74, 6) is 0.335. The Morgan fingerprint density at radius 1 is 1.24 bits per heavy atom. The van der Waals surface area contributed by atoms with Gasteiger partial charge in [0.15, 0.2) is 0 Å². The number of halogens is 1. The molecule has 0 radical (unpaired) electrons. The Bertz CT molecular complexity index is 653. The van der Waals surface area contributed by atoms with E-state index in [9.17, 15) is 4.39 Å². The van der Waals surface area contributed by atoms with Crippen molar-refractivity contribution in [2.24, 2.45) is 5.73 Å². The average Bonchev–Trinajstić information content (AvgIpc) is 2.46. The summed E-state index contributed by atoms with van der Waals surface area (Å²) in [6.45, 7) is 4.32. The van der Waals surface area contributed by atoms with E-state index in [1.807, 2.05) is 24.3 Å². The van der Waals surface area contributed by atoms with Crippen molar-refractivity contribution < 1.29 is 9.13 Å². The number of benzene rings is 2. The third-order valence-electron chi connectivity index (χ3n) is 3.29. The molecule has 3 nitrogen and oxygen atoms in total. The molecule has 0 heterocycles. The number of ether oxygens (including phenoxy) is 1. The highest BCUT2D eigenvalue weighted by Crippen LogP contribution is 2.22. The third kappa shape index (κ3) is 3.60. The van der Waals surface area contributed by atoms with Gasteiger partial charge in [0.05, 0.1) is 5.56 Å². The number of amidine groups is 1. The van der Waals surface area contributed by atoms with Crippen molar-refractivity contribution in [3.63, 3.8) is 0 Å². The summed E-state index contributed by atoms with van der Waals surface area (Å²) in [4.78, 5) is 0.